The van der Waals surface area contributed by atoms with Gasteiger partial charge in [0.1, 0.15) is 5.82 Å². The van der Waals surface area contributed by atoms with Crippen molar-refractivity contribution in [2.75, 3.05) is 0 Å². The van der Waals surface area contributed by atoms with E-state index < -0.39 is 29.0 Å². The van der Waals surface area contributed by atoms with E-state index in [0.717, 1.165) is 30.3 Å². The van der Waals surface area contributed by atoms with Gasteiger partial charge >= 0.3 is 6.18 Å². The van der Waals surface area contributed by atoms with Crippen LogP contribution in [0.2, 0.25) is 0 Å². The van der Waals surface area contributed by atoms with E-state index in [1.807, 2.05) is 0 Å². The number of nitriles is 1. The molecule has 0 aromatic heterocycles. The fourth-order valence-corrected chi connectivity index (χ4v) is 2.02. The molecule has 2 rings (SSSR count). The van der Waals surface area contributed by atoms with Gasteiger partial charge in [0.15, 0.2) is 0 Å². The number of hydrogen-bond donors (Lipinski definition) is 1. The number of primary amides is 1. The average molecular weight is 308 g/mol. The largest absolute Gasteiger partial charge is 0.417 e. The molecule has 0 fully saturated rings. The van der Waals surface area contributed by atoms with Crippen LogP contribution in [0.5, 0.6) is 0 Å². The number of carbonyl (C=O) groups excluding carboxylic acids is 1. The molecule has 2 aromatic carbocycles. The third-order valence-electron chi connectivity index (χ3n) is 3.00. The molecule has 0 radical (unpaired) electrons. The summed E-state index contributed by atoms with van der Waals surface area (Å²) in [6.45, 7) is 0. The number of alkyl halides is 3. The van der Waals surface area contributed by atoms with Gasteiger partial charge in [0.25, 0.3) is 0 Å². The molecule has 0 aliphatic rings. The molecule has 112 valence electrons. The van der Waals surface area contributed by atoms with E-state index in [-0.39, 0.29) is 16.7 Å². The minimum absolute atomic E-state index is 0.0140. The average Bonchev–Trinajstić information content (AvgIpc) is 2.45. The van der Waals surface area contributed by atoms with Crippen LogP contribution < -0.4 is 5.73 Å². The van der Waals surface area contributed by atoms with Gasteiger partial charge in [-0.2, -0.15) is 18.4 Å². The second kappa shape index (κ2) is 5.48. The lowest BCUT2D eigenvalue weighted by molar-refractivity contribution is -0.137. The van der Waals surface area contributed by atoms with Crippen LogP contribution in [0.25, 0.3) is 11.1 Å². The van der Waals surface area contributed by atoms with E-state index in [1.54, 1.807) is 0 Å². The first kappa shape index (κ1) is 15.5. The predicted octanol–water partition coefficient (Wildman–Crippen LogP) is 3.48. The highest BCUT2D eigenvalue weighted by Gasteiger charge is 2.34. The molecule has 0 aliphatic heterocycles. The smallest absolute Gasteiger partial charge is 0.366 e. The van der Waals surface area contributed by atoms with Gasteiger partial charge in [0.2, 0.25) is 5.91 Å². The maximum Gasteiger partial charge on any atom is 0.417 e. The molecular weight excluding hydrogens is 300 g/mol. The van der Waals surface area contributed by atoms with Crippen LogP contribution in [0.4, 0.5) is 17.6 Å². The summed E-state index contributed by atoms with van der Waals surface area (Å²) in [6.07, 6.45) is -4.73. The summed E-state index contributed by atoms with van der Waals surface area (Å²) in [6, 6.07) is 7.45. The second-order valence-corrected chi connectivity index (χ2v) is 4.42. The number of rotatable bonds is 2. The molecule has 2 N–H and O–H groups in total. The molecule has 1 amide bonds. The summed E-state index contributed by atoms with van der Waals surface area (Å²) in [5.74, 6) is -1.70. The van der Waals surface area contributed by atoms with Crippen molar-refractivity contribution in [1.82, 2.24) is 0 Å². The number of benzene rings is 2. The predicted molar refractivity (Wildman–Crippen MR) is 70.1 cm³/mol. The first-order valence-corrected chi connectivity index (χ1v) is 5.95. The van der Waals surface area contributed by atoms with Gasteiger partial charge in [-0.05, 0) is 35.4 Å². The Kier molecular flexibility index (Phi) is 3.87. The standard InChI is InChI=1S/C15H8F4N2O/c16-10-3-4-11(12(6-10)14(21)22)8-1-2-9(7-20)13(5-8)15(17,18)19/h1-6H,(H2,21,22). The Balaban J connectivity index is 2.70. The van der Waals surface area contributed by atoms with E-state index in [0.29, 0.717) is 0 Å². The highest BCUT2D eigenvalue weighted by molar-refractivity contribution is 5.99. The number of hydrogen-bond acceptors (Lipinski definition) is 2. The number of nitrogens with zero attached hydrogens (tertiary/aromatic N) is 1. The van der Waals surface area contributed by atoms with Crippen LogP contribution in [0.15, 0.2) is 36.4 Å². The van der Waals surface area contributed by atoms with E-state index in [9.17, 15) is 22.4 Å². The third kappa shape index (κ3) is 2.91. The molecule has 0 heterocycles. The zero-order valence-corrected chi connectivity index (χ0v) is 10.9. The topological polar surface area (TPSA) is 66.9 Å². The Hall–Kier alpha value is -2.88. The SMILES string of the molecule is N#Cc1ccc(-c2ccc(F)cc2C(N)=O)cc1C(F)(F)F. The van der Waals surface area contributed by atoms with Gasteiger partial charge < -0.3 is 5.73 Å². The van der Waals surface area contributed by atoms with Crippen molar-refractivity contribution in [3.63, 3.8) is 0 Å². The normalized spacial score (nSPS) is 11.0. The number of amides is 1. The third-order valence-corrected chi connectivity index (χ3v) is 3.00. The molecule has 0 saturated heterocycles. The second-order valence-electron chi connectivity index (χ2n) is 4.42. The fraction of sp³-hybridized carbons (Fsp3) is 0.0667. The molecule has 0 spiro atoms. The summed E-state index contributed by atoms with van der Waals surface area (Å²) >= 11 is 0. The highest BCUT2D eigenvalue weighted by Crippen LogP contribution is 2.35. The molecule has 0 unspecified atom stereocenters. The fourth-order valence-electron chi connectivity index (χ4n) is 2.02. The number of halogens is 4. The van der Waals surface area contributed by atoms with Crippen molar-refractivity contribution in [3.05, 3.63) is 58.9 Å². The Morgan fingerprint density at radius 3 is 2.36 bits per heavy atom. The Morgan fingerprint density at radius 2 is 1.82 bits per heavy atom. The lowest BCUT2D eigenvalue weighted by Gasteiger charge is -2.12. The van der Waals surface area contributed by atoms with Crippen LogP contribution in [-0.2, 0) is 6.18 Å². The van der Waals surface area contributed by atoms with Gasteiger partial charge in [-0.15, -0.1) is 0 Å². The molecule has 7 heteroatoms. The van der Waals surface area contributed by atoms with E-state index in [1.165, 1.54) is 12.1 Å². The van der Waals surface area contributed by atoms with Crippen molar-refractivity contribution in [2.24, 2.45) is 5.73 Å². The van der Waals surface area contributed by atoms with Crippen molar-refractivity contribution in [2.45, 2.75) is 6.18 Å². The summed E-state index contributed by atoms with van der Waals surface area (Å²) in [5.41, 5.74) is 3.28. The van der Waals surface area contributed by atoms with Gasteiger partial charge in [-0.3, -0.25) is 4.79 Å². The molecule has 0 saturated carbocycles. The van der Waals surface area contributed by atoms with Gasteiger partial charge in [0, 0.05) is 5.56 Å². The number of carbonyl (C=O) groups is 1. The molecule has 2 aromatic rings. The zero-order valence-electron chi connectivity index (χ0n) is 10.9. The molecule has 0 bridgehead atoms. The maximum absolute atomic E-state index is 13.2. The maximum atomic E-state index is 13.2. The van der Waals surface area contributed by atoms with Crippen LogP contribution in [0, 0.1) is 17.1 Å². The summed E-state index contributed by atoms with van der Waals surface area (Å²) in [7, 11) is 0. The summed E-state index contributed by atoms with van der Waals surface area (Å²) < 4.78 is 52.0. The van der Waals surface area contributed by atoms with Crippen molar-refractivity contribution < 1.29 is 22.4 Å². The minimum Gasteiger partial charge on any atom is -0.366 e. The summed E-state index contributed by atoms with van der Waals surface area (Å²) in [4.78, 5) is 11.3. The highest BCUT2D eigenvalue weighted by atomic mass is 19.4. The molecule has 22 heavy (non-hydrogen) atoms. The lowest BCUT2D eigenvalue weighted by atomic mass is 9.95. The molecular formula is C15H8F4N2O. The quantitative estimate of drug-likeness (QED) is 0.863. The monoisotopic (exact) mass is 308 g/mol. The first-order chi connectivity index (χ1) is 10.2. The van der Waals surface area contributed by atoms with Gasteiger partial charge in [-0.1, -0.05) is 12.1 Å². The Labute approximate surface area is 122 Å². The van der Waals surface area contributed by atoms with E-state index in [2.05, 4.69) is 0 Å². The van der Waals surface area contributed by atoms with E-state index >= 15 is 0 Å². The van der Waals surface area contributed by atoms with Crippen LogP contribution >= 0.6 is 0 Å². The van der Waals surface area contributed by atoms with Crippen LogP contribution in [0.3, 0.4) is 0 Å². The molecule has 0 aliphatic carbocycles. The summed E-state index contributed by atoms with van der Waals surface area (Å²) in [5, 5.41) is 8.75. The van der Waals surface area contributed by atoms with Crippen molar-refractivity contribution in [1.29, 1.82) is 5.26 Å². The minimum atomic E-state index is -4.73. The lowest BCUT2D eigenvalue weighted by Crippen LogP contribution is -2.13. The van der Waals surface area contributed by atoms with Gasteiger partial charge in [0.05, 0.1) is 17.2 Å². The zero-order chi connectivity index (χ0) is 16.5. The molecule has 0 atom stereocenters. The van der Waals surface area contributed by atoms with Gasteiger partial charge in [-0.25, -0.2) is 4.39 Å². The molecule has 3 nitrogen and oxygen atoms in total. The first-order valence-electron chi connectivity index (χ1n) is 5.95. The van der Waals surface area contributed by atoms with E-state index in [4.69, 9.17) is 11.0 Å². The van der Waals surface area contributed by atoms with Crippen LogP contribution in [0.1, 0.15) is 21.5 Å². The van der Waals surface area contributed by atoms with Crippen molar-refractivity contribution in [3.8, 4) is 17.2 Å². The van der Waals surface area contributed by atoms with Crippen molar-refractivity contribution >= 4 is 5.91 Å². The number of nitrogens with two attached hydrogens (primary N) is 1. The Morgan fingerprint density at radius 1 is 1.14 bits per heavy atom. The Bertz CT molecular complexity index is 791. The van der Waals surface area contributed by atoms with Crippen LogP contribution in [-0.4, -0.2) is 5.91 Å².